The number of aliphatic hydroxyl groups excluding tert-OH is 1. The van der Waals surface area contributed by atoms with Crippen LogP contribution in [0.25, 0.3) is 0 Å². The first-order valence-electron chi connectivity index (χ1n) is 4.15. The van der Waals surface area contributed by atoms with Gasteiger partial charge in [0.1, 0.15) is 0 Å². The molecule has 0 heterocycles. The summed E-state index contributed by atoms with van der Waals surface area (Å²) in [6.45, 7) is 4.52. The van der Waals surface area contributed by atoms with E-state index >= 15 is 0 Å². The van der Waals surface area contributed by atoms with E-state index in [-0.39, 0.29) is 0 Å². The first kappa shape index (κ1) is 11.3. The summed E-state index contributed by atoms with van der Waals surface area (Å²) in [7, 11) is 0. The van der Waals surface area contributed by atoms with Crippen LogP contribution in [0, 0.1) is 0 Å². The summed E-state index contributed by atoms with van der Waals surface area (Å²) < 4.78 is 0. The fraction of sp³-hybridized carbons (Fsp3) is 1.00. The summed E-state index contributed by atoms with van der Waals surface area (Å²) in [5, 5.41) is 9.15. The first-order chi connectivity index (χ1) is 5.16. The van der Waals surface area contributed by atoms with Crippen LogP contribution in [0.15, 0.2) is 0 Å². The molecule has 0 aromatic heterocycles. The van der Waals surface area contributed by atoms with Gasteiger partial charge in [-0.05, 0) is 25.5 Å². The molecule has 0 saturated carbocycles. The number of hydrogen-bond donors (Lipinski definition) is 2. The highest BCUT2D eigenvalue weighted by Crippen LogP contribution is 2.15. The molecule has 3 N–H and O–H groups in total. The molecule has 3 heteroatoms. The van der Waals surface area contributed by atoms with Crippen LogP contribution in [-0.4, -0.2) is 28.8 Å². The molecule has 0 fully saturated rings. The van der Waals surface area contributed by atoms with Crippen LogP contribution in [0.3, 0.4) is 0 Å². The smallest absolute Gasteiger partial charge is 0.0438 e. The van der Waals surface area contributed by atoms with Gasteiger partial charge in [-0.1, -0.05) is 6.92 Å². The van der Waals surface area contributed by atoms with Gasteiger partial charge in [0.25, 0.3) is 0 Å². The fourth-order valence-electron chi connectivity index (χ4n) is 0.941. The zero-order valence-electron chi connectivity index (χ0n) is 7.42. The molecule has 0 amide bonds. The van der Waals surface area contributed by atoms with Crippen LogP contribution < -0.4 is 5.73 Å². The van der Waals surface area contributed by atoms with Crippen LogP contribution in [0.4, 0.5) is 0 Å². The van der Waals surface area contributed by atoms with Crippen molar-refractivity contribution in [3.05, 3.63) is 0 Å². The van der Waals surface area contributed by atoms with Gasteiger partial charge in [-0.3, -0.25) is 0 Å². The Balaban J connectivity index is 3.15. The Labute approximate surface area is 73.6 Å². The van der Waals surface area contributed by atoms with E-state index < -0.39 is 0 Å². The van der Waals surface area contributed by atoms with Gasteiger partial charge in [0.15, 0.2) is 0 Å². The summed E-state index contributed by atoms with van der Waals surface area (Å²) in [5.74, 6) is 1.05. The van der Waals surface area contributed by atoms with E-state index in [0.717, 1.165) is 18.6 Å². The zero-order valence-corrected chi connectivity index (χ0v) is 8.23. The highest BCUT2D eigenvalue weighted by Gasteiger charge is 2.04. The molecular formula is C8H19NOS. The Morgan fingerprint density at radius 2 is 2.09 bits per heavy atom. The predicted molar refractivity (Wildman–Crippen MR) is 51.9 cm³/mol. The van der Waals surface area contributed by atoms with Gasteiger partial charge < -0.3 is 10.8 Å². The minimum Gasteiger partial charge on any atom is -0.396 e. The Morgan fingerprint density at radius 3 is 2.55 bits per heavy atom. The highest BCUT2D eigenvalue weighted by molar-refractivity contribution is 7.99. The van der Waals surface area contributed by atoms with Crippen molar-refractivity contribution in [2.45, 2.75) is 38.0 Å². The van der Waals surface area contributed by atoms with E-state index in [1.807, 2.05) is 18.7 Å². The standard InChI is InChI=1S/C8H19NOS/c1-7(9)6-8(2)11-5-3-4-10/h7-8,10H,3-6,9H2,1-2H3. The molecule has 0 aliphatic heterocycles. The SMILES string of the molecule is CC(N)CC(C)SCCCO. The summed E-state index contributed by atoms with van der Waals surface area (Å²) >= 11 is 1.89. The lowest BCUT2D eigenvalue weighted by Crippen LogP contribution is -2.19. The minimum atomic E-state index is 0.298. The third-order valence-corrected chi connectivity index (χ3v) is 2.69. The van der Waals surface area contributed by atoms with Gasteiger partial charge in [-0.15, -0.1) is 0 Å². The average molecular weight is 177 g/mol. The van der Waals surface area contributed by atoms with Crippen molar-refractivity contribution < 1.29 is 5.11 Å². The molecule has 68 valence electrons. The fourth-order valence-corrected chi connectivity index (χ4v) is 2.08. The molecule has 2 atom stereocenters. The molecule has 0 aromatic carbocycles. The molecule has 0 bridgehead atoms. The average Bonchev–Trinajstić information content (AvgIpc) is 1.86. The van der Waals surface area contributed by atoms with E-state index in [2.05, 4.69) is 6.92 Å². The van der Waals surface area contributed by atoms with Crippen molar-refractivity contribution in [1.29, 1.82) is 0 Å². The predicted octanol–water partition coefficient (Wildman–Crippen LogP) is 1.23. The van der Waals surface area contributed by atoms with Gasteiger partial charge in [-0.25, -0.2) is 0 Å². The molecule has 0 aliphatic carbocycles. The maximum Gasteiger partial charge on any atom is 0.0438 e. The second kappa shape index (κ2) is 6.95. The molecule has 0 aliphatic rings. The van der Waals surface area contributed by atoms with Crippen LogP contribution >= 0.6 is 11.8 Å². The van der Waals surface area contributed by atoms with Gasteiger partial charge in [-0.2, -0.15) is 11.8 Å². The maximum absolute atomic E-state index is 8.52. The quantitative estimate of drug-likeness (QED) is 0.600. The van der Waals surface area contributed by atoms with Crippen LogP contribution in [0.2, 0.25) is 0 Å². The van der Waals surface area contributed by atoms with Crippen molar-refractivity contribution in [2.75, 3.05) is 12.4 Å². The molecule has 0 radical (unpaired) electrons. The number of aliphatic hydroxyl groups is 1. The Bertz CT molecular complexity index is 88.2. The number of nitrogens with two attached hydrogens (primary N) is 1. The second-order valence-electron chi connectivity index (χ2n) is 2.97. The minimum absolute atomic E-state index is 0.298. The van der Waals surface area contributed by atoms with Crippen molar-refractivity contribution in [3.8, 4) is 0 Å². The largest absolute Gasteiger partial charge is 0.396 e. The molecule has 2 unspecified atom stereocenters. The van der Waals surface area contributed by atoms with Crippen molar-refractivity contribution >= 4 is 11.8 Å². The van der Waals surface area contributed by atoms with Crippen molar-refractivity contribution in [3.63, 3.8) is 0 Å². The van der Waals surface area contributed by atoms with Gasteiger partial charge in [0.2, 0.25) is 0 Å². The van der Waals surface area contributed by atoms with Crippen LogP contribution in [0.1, 0.15) is 26.7 Å². The number of rotatable bonds is 6. The normalized spacial score (nSPS) is 16.4. The third kappa shape index (κ3) is 8.17. The maximum atomic E-state index is 8.52. The van der Waals surface area contributed by atoms with Crippen LogP contribution in [-0.2, 0) is 0 Å². The van der Waals surface area contributed by atoms with E-state index in [1.54, 1.807) is 0 Å². The second-order valence-corrected chi connectivity index (χ2v) is 4.52. The molecule has 0 spiro atoms. The van der Waals surface area contributed by atoms with Gasteiger partial charge in [0, 0.05) is 17.9 Å². The topological polar surface area (TPSA) is 46.2 Å². The van der Waals surface area contributed by atoms with Crippen molar-refractivity contribution in [2.24, 2.45) is 5.73 Å². The third-order valence-electron chi connectivity index (χ3n) is 1.41. The molecule has 2 nitrogen and oxygen atoms in total. The summed E-state index contributed by atoms with van der Waals surface area (Å²) in [4.78, 5) is 0. The molecular weight excluding hydrogens is 158 g/mol. The number of thioether (sulfide) groups is 1. The lowest BCUT2D eigenvalue weighted by Gasteiger charge is -2.12. The molecule has 0 aromatic rings. The summed E-state index contributed by atoms with van der Waals surface area (Å²) in [5.41, 5.74) is 5.63. The highest BCUT2D eigenvalue weighted by atomic mass is 32.2. The Morgan fingerprint density at radius 1 is 1.45 bits per heavy atom. The lowest BCUT2D eigenvalue weighted by molar-refractivity contribution is 0.296. The monoisotopic (exact) mass is 177 g/mol. The summed E-state index contributed by atoms with van der Waals surface area (Å²) in [6.07, 6.45) is 1.96. The Kier molecular flexibility index (Phi) is 7.12. The summed E-state index contributed by atoms with van der Waals surface area (Å²) in [6, 6.07) is 0.298. The van der Waals surface area contributed by atoms with Crippen molar-refractivity contribution in [1.82, 2.24) is 0 Å². The molecule has 11 heavy (non-hydrogen) atoms. The van der Waals surface area contributed by atoms with Crippen LogP contribution in [0.5, 0.6) is 0 Å². The van der Waals surface area contributed by atoms with Gasteiger partial charge in [0.05, 0.1) is 0 Å². The van der Waals surface area contributed by atoms with E-state index in [0.29, 0.717) is 17.9 Å². The van der Waals surface area contributed by atoms with Gasteiger partial charge >= 0.3 is 0 Å². The van der Waals surface area contributed by atoms with E-state index in [4.69, 9.17) is 10.8 Å². The first-order valence-corrected chi connectivity index (χ1v) is 5.19. The van der Waals surface area contributed by atoms with E-state index in [1.165, 1.54) is 0 Å². The molecule has 0 saturated heterocycles. The number of hydrogen-bond acceptors (Lipinski definition) is 3. The van der Waals surface area contributed by atoms with E-state index in [9.17, 15) is 0 Å². The Hall–Kier alpha value is 0.270. The lowest BCUT2D eigenvalue weighted by atomic mass is 10.2. The zero-order chi connectivity index (χ0) is 8.69. The molecule has 0 rings (SSSR count).